The molecule has 0 bridgehead atoms. The number of amides is 1. The lowest BCUT2D eigenvalue weighted by Crippen LogP contribution is -2.28. The van der Waals surface area contributed by atoms with Gasteiger partial charge >= 0.3 is 0 Å². The highest BCUT2D eigenvalue weighted by Crippen LogP contribution is 2.23. The van der Waals surface area contributed by atoms with Gasteiger partial charge in [0.05, 0.1) is 11.8 Å². The summed E-state index contributed by atoms with van der Waals surface area (Å²) in [5.74, 6) is 1.08. The SMILES string of the molecule is CC(NC(=O)CSc1nnc(Cc2ccccc2)n1-c1ccccc1)c1ccccc1. The predicted molar refractivity (Wildman–Crippen MR) is 124 cm³/mol. The Labute approximate surface area is 186 Å². The van der Waals surface area contributed by atoms with Crippen molar-refractivity contribution in [3.63, 3.8) is 0 Å². The summed E-state index contributed by atoms with van der Waals surface area (Å²) in [5.41, 5.74) is 3.23. The van der Waals surface area contributed by atoms with Crippen LogP contribution in [0.15, 0.2) is 96.2 Å². The standard InChI is InChI=1S/C25H24N4OS/c1-19(21-13-7-3-8-14-21)26-24(30)18-31-25-28-27-23(17-20-11-5-2-6-12-20)29(25)22-15-9-4-10-16-22/h2-16,19H,17-18H2,1H3,(H,26,30). The normalized spacial score (nSPS) is 11.8. The number of nitrogens with one attached hydrogen (secondary N) is 1. The Morgan fingerprint density at radius 3 is 2.19 bits per heavy atom. The van der Waals surface area contributed by atoms with Gasteiger partial charge in [-0.2, -0.15) is 0 Å². The quantitative estimate of drug-likeness (QED) is 0.409. The topological polar surface area (TPSA) is 59.8 Å². The van der Waals surface area contributed by atoms with Crippen molar-refractivity contribution in [1.29, 1.82) is 0 Å². The zero-order valence-electron chi connectivity index (χ0n) is 17.3. The molecule has 1 heterocycles. The number of benzene rings is 3. The van der Waals surface area contributed by atoms with E-state index in [9.17, 15) is 4.79 Å². The minimum atomic E-state index is -0.0464. The number of nitrogens with zero attached hydrogens (tertiary/aromatic N) is 3. The number of aromatic nitrogens is 3. The van der Waals surface area contributed by atoms with Crippen molar-refractivity contribution in [2.24, 2.45) is 0 Å². The highest BCUT2D eigenvalue weighted by molar-refractivity contribution is 7.99. The van der Waals surface area contributed by atoms with Gasteiger partial charge in [-0.15, -0.1) is 10.2 Å². The largest absolute Gasteiger partial charge is 0.349 e. The molecule has 6 heteroatoms. The molecular weight excluding hydrogens is 404 g/mol. The first-order valence-electron chi connectivity index (χ1n) is 10.2. The first kappa shape index (κ1) is 20.9. The smallest absolute Gasteiger partial charge is 0.230 e. The summed E-state index contributed by atoms with van der Waals surface area (Å²) >= 11 is 1.40. The zero-order valence-corrected chi connectivity index (χ0v) is 18.1. The molecule has 4 aromatic rings. The Morgan fingerprint density at radius 1 is 0.903 bits per heavy atom. The zero-order chi connectivity index (χ0) is 21.5. The maximum Gasteiger partial charge on any atom is 0.230 e. The molecule has 0 aliphatic rings. The number of carbonyl (C=O) groups is 1. The first-order valence-corrected chi connectivity index (χ1v) is 11.2. The third-order valence-corrected chi connectivity index (χ3v) is 5.86. The van der Waals surface area contributed by atoms with E-state index in [0.29, 0.717) is 11.6 Å². The highest BCUT2D eigenvalue weighted by Gasteiger charge is 2.17. The van der Waals surface area contributed by atoms with Gasteiger partial charge in [0.2, 0.25) is 5.91 Å². The lowest BCUT2D eigenvalue weighted by Gasteiger charge is -2.14. The van der Waals surface area contributed by atoms with Gasteiger partial charge in [0.1, 0.15) is 5.82 Å². The van der Waals surface area contributed by atoms with Gasteiger partial charge in [-0.3, -0.25) is 9.36 Å². The van der Waals surface area contributed by atoms with E-state index in [4.69, 9.17) is 0 Å². The third-order valence-electron chi connectivity index (χ3n) is 4.93. The van der Waals surface area contributed by atoms with Crippen molar-refractivity contribution in [2.75, 3.05) is 5.75 Å². The average Bonchev–Trinajstić information content (AvgIpc) is 3.22. The van der Waals surface area contributed by atoms with Crippen molar-refractivity contribution < 1.29 is 4.79 Å². The van der Waals surface area contributed by atoms with Gasteiger partial charge in [-0.1, -0.05) is 90.6 Å². The molecule has 1 N–H and O–H groups in total. The Balaban J connectivity index is 1.49. The van der Waals surface area contributed by atoms with Crippen LogP contribution in [0, 0.1) is 0 Å². The molecule has 4 rings (SSSR count). The number of hydrogen-bond donors (Lipinski definition) is 1. The summed E-state index contributed by atoms with van der Waals surface area (Å²) < 4.78 is 2.03. The molecule has 0 radical (unpaired) electrons. The van der Waals surface area contributed by atoms with Gasteiger partial charge in [-0.25, -0.2) is 0 Å². The van der Waals surface area contributed by atoms with E-state index in [2.05, 4.69) is 27.6 Å². The van der Waals surface area contributed by atoms with Crippen molar-refractivity contribution in [3.05, 3.63) is 108 Å². The minimum absolute atomic E-state index is 0.0337. The molecule has 1 aromatic heterocycles. The summed E-state index contributed by atoms with van der Waals surface area (Å²) in [6.45, 7) is 1.99. The van der Waals surface area contributed by atoms with Crippen LogP contribution in [0.5, 0.6) is 0 Å². The molecule has 0 saturated heterocycles. The second-order valence-corrected chi connectivity index (χ2v) is 8.16. The lowest BCUT2D eigenvalue weighted by molar-refractivity contribution is -0.119. The Morgan fingerprint density at radius 2 is 1.52 bits per heavy atom. The van der Waals surface area contributed by atoms with Crippen LogP contribution in [0.3, 0.4) is 0 Å². The van der Waals surface area contributed by atoms with Crippen LogP contribution < -0.4 is 5.32 Å². The molecule has 0 aliphatic heterocycles. The van der Waals surface area contributed by atoms with Gasteiger partial charge in [0, 0.05) is 12.1 Å². The number of carbonyl (C=O) groups excluding carboxylic acids is 1. The first-order chi connectivity index (χ1) is 15.2. The maximum absolute atomic E-state index is 12.6. The van der Waals surface area contributed by atoms with E-state index >= 15 is 0 Å². The molecule has 1 unspecified atom stereocenters. The van der Waals surface area contributed by atoms with Crippen LogP contribution in [0.4, 0.5) is 0 Å². The second-order valence-electron chi connectivity index (χ2n) is 7.22. The van der Waals surface area contributed by atoms with Crippen LogP contribution in [-0.2, 0) is 11.2 Å². The van der Waals surface area contributed by atoms with Crippen LogP contribution >= 0.6 is 11.8 Å². The Hall–Kier alpha value is -3.38. The second kappa shape index (κ2) is 10.1. The molecule has 31 heavy (non-hydrogen) atoms. The molecule has 1 amide bonds. The molecule has 0 aliphatic carbocycles. The molecule has 3 aromatic carbocycles. The van der Waals surface area contributed by atoms with Crippen molar-refractivity contribution in [1.82, 2.24) is 20.1 Å². The summed E-state index contributed by atoms with van der Waals surface area (Å²) in [7, 11) is 0. The van der Waals surface area contributed by atoms with Gasteiger partial charge in [0.15, 0.2) is 5.16 Å². The minimum Gasteiger partial charge on any atom is -0.349 e. The van der Waals surface area contributed by atoms with Crippen LogP contribution in [-0.4, -0.2) is 26.4 Å². The number of hydrogen-bond acceptors (Lipinski definition) is 4. The van der Waals surface area contributed by atoms with Crippen LogP contribution in [0.25, 0.3) is 5.69 Å². The molecule has 0 saturated carbocycles. The van der Waals surface area contributed by atoms with Crippen molar-refractivity contribution in [2.45, 2.75) is 24.5 Å². The van der Waals surface area contributed by atoms with E-state index in [1.54, 1.807) is 0 Å². The number of thioether (sulfide) groups is 1. The summed E-state index contributed by atoms with van der Waals surface area (Å²) in [4.78, 5) is 12.6. The fraction of sp³-hybridized carbons (Fsp3) is 0.160. The van der Waals surface area contributed by atoms with E-state index < -0.39 is 0 Å². The van der Waals surface area contributed by atoms with Gasteiger partial charge < -0.3 is 5.32 Å². The van der Waals surface area contributed by atoms with E-state index in [0.717, 1.165) is 22.6 Å². The van der Waals surface area contributed by atoms with E-state index in [-0.39, 0.29) is 17.7 Å². The molecule has 0 fully saturated rings. The molecule has 1 atom stereocenters. The highest BCUT2D eigenvalue weighted by atomic mass is 32.2. The number of para-hydroxylation sites is 1. The fourth-order valence-electron chi connectivity index (χ4n) is 3.36. The van der Waals surface area contributed by atoms with Crippen molar-refractivity contribution in [3.8, 4) is 5.69 Å². The average molecular weight is 429 g/mol. The molecule has 0 spiro atoms. The third kappa shape index (κ3) is 5.41. The summed E-state index contributed by atoms with van der Waals surface area (Å²) in [6.07, 6.45) is 0.667. The van der Waals surface area contributed by atoms with E-state index in [1.807, 2.05) is 90.4 Å². The Bertz CT molecular complexity index is 1110. The van der Waals surface area contributed by atoms with Crippen LogP contribution in [0.1, 0.15) is 29.9 Å². The number of rotatable bonds is 8. The maximum atomic E-state index is 12.6. The van der Waals surface area contributed by atoms with Gasteiger partial charge in [-0.05, 0) is 30.2 Å². The van der Waals surface area contributed by atoms with Crippen molar-refractivity contribution >= 4 is 17.7 Å². The lowest BCUT2D eigenvalue weighted by atomic mass is 10.1. The van der Waals surface area contributed by atoms with Gasteiger partial charge in [0.25, 0.3) is 0 Å². The molecule has 156 valence electrons. The predicted octanol–water partition coefficient (Wildman–Crippen LogP) is 4.83. The summed E-state index contributed by atoms with van der Waals surface area (Å²) in [6, 6.07) is 30.1. The molecule has 5 nitrogen and oxygen atoms in total. The van der Waals surface area contributed by atoms with Crippen LogP contribution in [0.2, 0.25) is 0 Å². The summed E-state index contributed by atoms with van der Waals surface area (Å²) in [5, 5.41) is 12.6. The monoisotopic (exact) mass is 428 g/mol. The Kier molecular flexibility index (Phi) is 6.79. The molecular formula is C25H24N4OS. The fourth-order valence-corrected chi connectivity index (χ4v) is 4.14. The van der Waals surface area contributed by atoms with E-state index in [1.165, 1.54) is 11.8 Å².